The van der Waals surface area contributed by atoms with Gasteiger partial charge in [0.1, 0.15) is 6.54 Å². The van der Waals surface area contributed by atoms with Crippen LogP contribution in [-0.2, 0) is 14.3 Å². The standard InChI is InChI=1S/C16H22N2O3/c1-13(19)18(11-15-9-6-10-21-15)12-16(20)17(2)14-7-4-3-5-8-14/h3-5,7-8,15H,6,9-12H2,1-2H3. The van der Waals surface area contributed by atoms with Gasteiger partial charge < -0.3 is 14.5 Å². The van der Waals surface area contributed by atoms with Crippen molar-refractivity contribution in [1.82, 2.24) is 4.90 Å². The summed E-state index contributed by atoms with van der Waals surface area (Å²) in [7, 11) is 1.72. The molecular weight excluding hydrogens is 268 g/mol. The van der Waals surface area contributed by atoms with Crippen LogP contribution in [0.4, 0.5) is 5.69 Å². The van der Waals surface area contributed by atoms with Crippen molar-refractivity contribution < 1.29 is 14.3 Å². The number of hydrogen-bond acceptors (Lipinski definition) is 3. The van der Waals surface area contributed by atoms with Crippen molar-refractivity contribution in [2.75, 3.05) is 31.6 Å². The zero-order valence-corrected chi connectivity index (χ0v) is 12.6. The number of anilines is 1. The summed E-state index contributed by atoms with van der Waals surface area (Å²) < 4.78 is 5.54. The molecule has 1 aliphatic heterocycles. The Hall–Kier alpha value is -1.88. The van der Waals surface area contributed by atoms with Crippen molar-refractivity contribution in [2.45, 2.75) is 25.9 Å². The number of ether oxygens (including phenoxy) is 1. The molecule has 2 rings (SSSR count). The van der Waals surface area contributed by atoms with Gasteiger partial charge in [-0.2, -0.15) is 0 Å². The molecule has 5 heteroatoms. The van der Waals surface area contributed by atoms with Crippen molar-refractivity contribution >= 4 is 17.5 Å². The molecule has 0 saturated carbocycles. The summed E-state index contributed by atoms with van der Waals surface area (Å²) in [5.41, 5.74) is 0.822. The van der Waals surface area contributed by atoms with E-state index in [1.807, 2.05) is 30.3 Å². The van der Waals surface area contributed by atoms with Crippen LogP contribution in [0.1, 0.15) is 19.8 Å². The first-order valence-corrected chi connectivity index (χ1v) is 7.26. The fraction of sp³-hybridized carbons (Fsp3) is 0.500. The van der Waals surface area contributed by atoms with Gasteiger partial charge in [-0.15, -0.1) is 0 Å². The maximum atomic E-state index is 12.3. The fourth-order valence-corrected chi connectivity index (χ4v) is 2.40. The molecule has 21 heavy (non-hydrogen) atoms. The van der Waals surface area contributed by atoms with Gasteiger partial charge in [-0.25, -0.2) is 0 Å². The molecule has 5 nitrogen and oxygen atoms in total. The van der Waals surface area contributed by atoms with Crippen LogP contribution in [0.25, 0.3) is 0 Å². The van der Waals surface area contributed by atoms with Gasteiger partial charge in [-0.1, -0.05) is 18.2 Å². The molecule has 1 aliphatic rings. The minimum atomic E-state index is -0.102. The van der Waals surface area contributed by atoms with Crippen LogP contribution in [0.15, 0.2) is 30.3 Å². The summed E-state index contributed by atoms with van der Waals surface area (Å²) in [6.45, 7) is 2.81. The average Bonchev–Trinajstić information content (AvgIpc) is 2.99. The van der Waals surface area contributed by atoms with Gasteiger partial charge in [-0.05, 0) is 25.0 Å². The molecule has 0 N–H and O–H groups in total. The number of hydrogen-bond donors (Lipinski definition) is 0. The first-order valence-electron chi connectivity index (χ1n) is 7.26. The number of benzene rings is 1. The van der Waals surface area contributed by atoms with E-state index in [2.05, 4.69) is 0 Å². The van der Waals surface area contributed by atoms with Crippen molar-refractivity contribution in [2.24, 2.45) is 0 Å². The van der Waals surface area contributed by atoms with E-state index in [4.69, 9.17) is 4.74 Å². The molecule has 1 fully saturated rings. The van der Waals surface area contributed by atoms with Crippen LogP contribution < -0.4 is 4.90 Å². The van der Waals surface area contributed by atoms with Crippen molar-refractivity contribution in [3.63, 3.8) is 0 Å². The number of amides is 2. The topological polar surface area (TPSA) is 49.9 Å². The van der Waals surface area contributed by atoms with Crippen LogP contribution in [0.3, 0.4) is 0 Å². The first-order chi connectivity index (χ1) is 10.1. The second-order valence-corrected chi connectivity index (χ2v) is 5.32. The lowest BCUT2D eigenvalue weighted by molar-refractivity contribution is -0.134. The molecule has 0 spiro atoms. The number of carbonyl (C=O) groups excluding carboxylic acids is 2. The Bertz CT molecular complexity index is 484. The highest BCUT2D eigenvalue weighted by Gasteiger charge is 2.23. The lowest BCUT2D eigenvalue weighted by atomic mass is 10.2. The second kappa shape index (κ2) is 7.22. The van der Waals surface area contributed by atoms with Gasteiger partial charge in [0.2, 0.25) is 11.8 Å². The first kappa shape index (κ1) is 15.5. The van der Waals surface area contributed by atoms with Crippen molar-refractivity contribution in [1.29, 1.82) is 0 Å². The molecule has 1 unspecified atom stereocenters. The highest BCUT2D eigenvalue weighted by atomic mass is 16.5. The quantitative estimate of drug-likeness (QED) is 0.829. The van der Waals surface area contributed by atoms with Gasteiger partial charge >= 0.3 is 0 Å². The Morgan fingerprint density at radius 1 is 1.29 bits per heavy atom. The Balaban J connectivity index is 1.95. The van der Waals surface area contributed by atoms with Gasteiger partial charge in [0.05, 0.1) is 6.10 Å². The van der Waals surface area contributed by atoms with Crippen LogP contribution in [-0.4, -0.2) is 49.6 Å². The normalized spacial score (nSPS) is 17.5. The zero-order valence-electron chi connectivity index (χ0n) is 12.6. The predicted octanol–water partition coefficient (Wildman–Crippen LogP) is 1.68. The number of carbonyl (C=O) groups is 2. The molecule has 1 aromatic carbocycles. The van der Waals surface area contributed by atoms with E-state index in [-0.39, 0.29) is 24.5 Å². The van der Waals surface area contributed by atoms with E-state index in [0.717, 1.165) is 25.1 Å². The molecule has 1 aromatic rings. The Morgan fingerprint density at radius 3 is 2.57 bits per heavy atom. The zero-order chi connectivity index (χ0) is 15.2. The Labute approximate surface area is 125 Å². The summed E-state index contributed by atoms with van der Waals surface area (Å²) >= 11 is 0. The van der Waals surface area contributed by atoms with Crippen LogP contribution >= 0.6 is 0 Å². The smallest absolute Gasteiger partial charge is 0.246 e. The van der Waals surface area contributed by atoms with E-state index in [1.165, 1.54) is 6.92 Å². The van der Waals surface area contributed by atoms with Gasteiger partial charge in [0, 0.05) is 32.8 Å². The molecule has 0 aromatic heterocycles. The monoisotopic (exact) mass is 290 g/mol. The number of likely N-dealkylation sites (N-methyl/N-ethyl adjacent to an activating group) is 1. The van der Waals surface area contributed by atoms with Crippen LogP contribution in [0.5, 0.6) is 0 Å². The molecular formula is C16H22N2O3. The number of rotatable bonds is 5. The lowest BCUT2D eigenvalue weighted by Crippen LogP contribution is -2.43. The van der Waals surface area contributed by atoms with E-state index >= 15 is 0 Å². The summed E-state index contributed by atoms with van der Waals surface area (Å²) in [5.74, 6) is -0.199. The van der Waals surface area contributed by atoms with E-state index < -0.39 is 0 Å². The Kier molecular flexibility index (Phi) is 5.33. The summed E-state index contributed by atoms with van der Waals surface area (Å²) in [6, 6.07) is 9.41. The summed E-state index contributed by atoms with van der Waals surface area (Å²) in [5, 5.41) is 0. The molecule has 114 valence electrons. The molecule has 0 aliphatic carbocycles. The van der Waals surface area contributed by atoms with E-state index in [1.54, 1.807) is 16.8 Å². The largest absolute Gasteiger partial charge is 0.376 e. The predicted molar refractivity (Wildman–Crippen MR) is 81.1 cm³/mol. The number of para-hydroxylation sites is 1. The van der Waals surface area contributed by atoms with Crippen molar-refractivity contribution in [3.05, 3.63) is 30.3 Å². The fourth-order valence-electron chi connectivity index (χ4n) is 2.40. The highest BCUT2D eigenvalue weighted by Crippen LogP contribution is 2.15. The van der Waals surface area contributed by atoms with Crippen LogP contribution in [0, 0.1) is 0 Å². The van der Waals surface area contributed by atoms with Gasteiger partial charge in [-0.3, -0.25) is 9.59 Å². The molecule has 1 saturated heterocycles. The average molecular weight is 290 g/mol. The van der Waals surface area contributed by atoms with Crippen molar-refractivity contribution in [3.8, 4) is 0 Å². The number of nitrogens with zero attached hydrogens (tertiary/aromatic N) is 2. The van der Waals surface area contributed by atoms with Gasteiger partial charge in [0.25, 0.3) is 0 Å². The SMILES string of the molecule is CC(=O)N(CC(=O)N(C)c1ccccc1)CC1CCCO1. The van der Waals surface area contributed by atoms with Gasteiger partial charge in [0.15, 0.2) is 0 Å². The summed E-state index contributed by atoms with van der Waals surface area (Å²) in [4.78, 5) is 27.2. The third-order valence-electron chi connectivity index (χ3n) is 3.74. The third-order valence-corrected chi connectivity index (χ3v) is 3.74. The van der Waals surface area contributed by atoms with Crippen LogP contribution in [0.2, 0.25) is 0 Å². The third kappa shape index (κ3) is 4.29. The highest BCUT2D eigenvalue weighted by molar-refractivity contribution is 5.96. The molecule has 0 bridgehead atoms. The minimum Gasteiger partial charge on any atom is -0.376 e. The Morgan fingerprint density at radius 2 is 2.00 bits per heavy atom. The molecule has 2 amide bonds. The maximum Gasteiger partial charge on any atom is 0.246 e. The maximum absolute atomic E-state index is 12.3. The lowest BCUT2D eigenvalue weighted by Gasteiger charge is -2.26. The minimum absolute atomic E-state index is 0.0590. The van der Waals surface area contributed by atoms with E-state index in [9.17, 15) is 9.59 Å². The molecule has 1 atom stereocenters. The van der Waals surface area contributed by atoms with E-state index in [0.29, 0.717) is 6.54 Å². The summed E-state index contributed by atoms with van der Waals surface area (Å²) in [6.07, 6.45) is 2.03. The second-order valence-electron chi connectivity index (χ2n) is 5.32. The molecule has 0 radical (unpaired) electrons. The molecule has 1 heterocycles.